The second-order valence-corrected chi connectivity index (χ2v) is 19.6. The summed E-state index contributed by atoms with van der Waals surface area (Å²) in [6.45, 7) is 7.97. The smallest absolute Gasteiger partial charge is 0.326 e. The number of carbonyl (C=O) groups excluding carboxylic acids is 9. The lowest BCUT2D eigenvalue weighted by atomic mass is 10.00. The van der Waals surface area contributed by atoms with Crippen LogP contribution in [0.2, 0.25) is 0 Å². The molecule has 0 radical (unpaired) electrons. The van der Waals surface area contributed by atoms with Crippen molar-refractivity contribution in [1.29, 1.82) is 0 Å². The molecule has 0 aliphatic carbocycles. The van der Waals surface area contributed by atoms with Crippen LogP contribution in [0.5, 0.6) is 0 Å². The molecule has 15 N–H and O–H groups in total. The maximum Gasteiger partial charge on any atom is 0.326 e. The van der Waals surface area contributed by atoms with Gasteiger partial charge in [0.25, 0.3) is 0 Å². The number of benzene rings is 1. The molecule has 3 rings (SSSR count). The Bertz CT molecular complexity index is 2230. The molecule has 0 spiro atoms. The van der Waals surface area contributed by atoms with E-state index < -0.39 is 138 Å². The highest BCUT2D eigenvalue weighted by Gasteiger charge is 2.41. The van der Waals surface area contributed by atoms with Crippen molar-refractivity contribution in [2.45, 2.75) is 147 Å². The van der Waals surface area contributed by atoms with Crippen molar-refractivity contribution in [3.8, 4) is 0 Å². The van der Waals surface area contributed by atoms with E-state index >= 15 is 0 Å². The molecule has 1 aromatic carbocycles. The van der Waals surface area contributed by atoms with Crippen molar-refractivity contribution in [2.24, 2.45) is 34.0 Å². The van der Waals surface area contributed by atoms with Crippen LogP contribution < -0.4 is 54.4 Å². The molecule has 2 aliphatic heterocycles. The fraction of sp³-hybridized carbons (Fsp3) is 0.625. The molecule has 9 amide bonds. The molecule has 416 valence electrons. The van der Waals surface area contributed by atoms with Gasteiger partial charge in [0.05, 0.1) is 12.6 Å². The van der Waals surface area contributed by atoms with E-state index in [1.54, 1.807) is 58.0 Å². The highest BCUT2D eigenvalue weighted by Crippen LogP contribution is 2.22. The summed E-state index contributed by atoms with van der Waals surface area (Å²) < 4.78 is 0. The molecule has 26 nitrogen and oxygen atoms in total. The van der Waals surface area contributed by atoms with Gasteiger partial charge in [-0.25, -0.2) is 4.79 Å². The Morgan fingerprint density at radius 2 is 1.25 bits per heavy atom. The zero-order valence-electron chi connectivity index (χ0n) is 43.0. The lowest BCUT2D eigenvalue weighted by Gasteiger charge is -2.31. The topological polar surface area (TPSA) is 409 Å². The van der Waals surface area contributed by atoms with Gasteiger partial charge in [0, 0.05) is 38.2 Å². The van der Waals surface area contributed by atoms with Crippen LogP contribution in [0.3, 0.4) is 0 Å². The first-order chi connectivity index (χ1) is 35.4. The number of carboxylic acids is 2. The maximum atomic E-state index is 13.9. The molecule has 27 heteroatoms. The van der Waals surface area contributed by atoms with E-state index in [2.05, 4.69) is 54.8 Å². The molecule has 1 aromatic rings. The summed E-state index contributed by atoms with van der Waals surface area (Å²) in [5, 5.41) is 36.8. The number of hydrogen-bond acceptors (Lipinski definition) is 14. The second kappa shape index (κ2) is 30.4. The Morgan fingerprint density at radius 1 is 0.680 bits per heavy atom. The van der Waals surface area contributed by atoms with E-state index in [9.17, 15) is 63.0 Å². The predicted octanol–water partition coefficient (Wildman–Crippen LogP) is -3.17. The van der Waals surface area contributed by atoms with Crippen molar-refractivity contribution < 1.29 is 63.0 Å². The maximum absolute atomic E-state index is 13.9. The SMILES string of the molecule is CC(C)[C@H](N)C(=O)N1CCC[C@H]1C(=O)N[C@@H](CCC(=O)O)C(=O)N[C@@H](CS)C(=O)N1CCC[C@H]1C(=O)N[C@@H](C)C(=O)NCC(=O)N[C@@H](Cc1ccccc1)C(=O)N[C@H](C(=O)N[C@@H](CCCN=C(N)N)C(=O)O)C(C)C. The fourth-order valence-electron chi connectivity index (χ4n) is 8.36. The van der Waals surface area contributed by atoms with Crippen LogP contribution in [0, 0.1) is 11.8 Å². The van der Waals surface area contributed by atoms with Crippen molar-refractivity contribution in [2.75, 3.05) is 31.9 Å². The van der Waals surface area contributed by atoms with Crippen LogP contribution in [-0.4, -0.2) is 177 Å². The Morgan fingerprint density at radius 3 is 1.80 bits per heavy atom. The quantitative estimate of drug-likeness (QED) is 0.0163. The Labute approximate surface area is 441 Å². The minimum Gasteiger partial charge on any atom is -0.481 e. The van der Waals surface area contributed by atoms with E-state index in [0.717, 1.165) is 0 Å². The van der Waals surface area contributed by atoms with Gasteiger partial charge in [0.15, 0.2) is 5.96 Å². The minimum absolute atomic E-state index is 0.0128. The van der Waals surface area contributed by atoms with Crippen LogP contribution in [0.1, 0.15) is 91.5 Å². The molecule has 2 heterocycles. The number of nitrogens with two attached hydrogens (primary N) is 3. The highest BCUT2D eigenvalue weighted by atomic mass is 32.1. The van der Waals surface area contributed by atoms with E-state index in [0.29, 0.717) is 18.4 Å². The molecule has 0 saturated carbocycles. The molecule has 75 heavy (non-hydrogen) atoms. The Kier molecular flexibility index (Phi) is 25.2. The summed E-state index contributed by atoms with van der Waals surface area (Å²) in [6.07, 6.45) is 0.641. The molecule has 0 unspecified atom stereocenters. The summed E-state index contributed by atoms with van der Waals surface area (Å²) in [6, 6.07) is -2.15. The fourth-order valence-corrected chi connectivity index (χ4v) is 8.60. The van der Waals surface area contributed by atoms with E-state index in [1.165, 1.54) is 16.7 Å². The summed E-state index contributed by atoms with van der Waals surface area (Å²) in [4.78, 5) is 151. The third-order valence-electron chi connectivity index (χ3n) is 12.7. The van der Waals surface area contributed by atoms with Gasteiger partial charge in [-0.2, -0.15) is 12.6 Å². The van der Waals surface area contributed by atoms with Gasteiger partial charge in [-0.05, 0) is 69.3 Å². The first kappa shape index (κ1) is 62.3. The lowest BCUT2D eigenvalue weighted by Crippen LogP contribution is -2.59. The number of thiol groups is 1. The molecular weight excluding hydrogens is 999 g/mol. The number of amides is 9. The summed E-state index contributed by atoms with van der Waals surface area (Å²) in [5.41, 5.74) is 17.4. The van der Waals surface area contributed by atoms with Crippen LogP contribution in [0.15, 0.2) is 35.3 Å². The van der Waals surface area contributed by atoms with E-state index in [4.69, 9.17) is 17.2 Å². The molecule has 2 aliphatic rings. The summed E-state index contributed by atoms with van der Waals surface area (Å²) >= 11 is 4.26. The minimum atomic E-state index is -1.43. The van der Waals surface area contributed by atoms with Gasteiger partial charge >= 0.3 is 11.9 Å². The number of likely N-dealkylation sites (tertiary alicyclic amines) is 2. The number of nitrogens with one attached hydrogen (secondary N) is 7. The molecular formula is C48H75N13O13S. The van der Waals surface area contributed by atoms with Gasteiger partial charge in [-0.15, -0.1) is 0 Å². The average molecular weight is 1070 g/mol. The number of aliphatic imine (C=N–C) groups is 1. The van der Waals surface area contributed by atoms with Crippen molar-refractivity contribution >= 4 is 83.7 Å². The van der Waals surface area contributed by atoms with Crippen LogP contribution in [-0.2, 0) is 59.2 Å². The molecule has 2 fully saturated rings. The molecule has 0 aromatic heterocycles. The first-order valence-electron chi connectivity index (χ1n) is 25.0. The van der Waals surface area contributed by atoms with Gasteiger partial charge in [-0.1, -0.05) is 58.0 Å². The van der Waals surface area contributed by atoms with Crippen LogP contribution >= 0.6 is 12.6 Å². The zero-order valence-corrected chi connectivity index (χ0v) is 43.9. The highest BCUT2D eigenvalue weighted by molar-refractivity contribution is 7.80. The molecule has 2 saturated heterocycles. The van der Waals surface area contributed by atoms with Gasteiger partial charge in [0.2, 0.25) is 53.2 Å². The Hall–Kier alpha value is -7.03. The summed E-state index contributed by atoms with van der Waals surface area (Å²) in [5.74, 6) is -10.4. The monoisotopic (exact) mass is 1070 g/mol. The number of carbonyl (C=O) groups is 11. The molecule has 0 bridgehead atoms. The third kappa shape index (κ3) is 19.6. The van der Waals surface area contributed by atoms with Crippen LogP contribution in [0.4, 0.5) is 0 Å². The first-order valence-corrected chi connectivity index (χ1v) is 25.6. The van der Waals surface area contributed by atoms with Gasteiger partial charge < -0.3 is 74.4 Å². The Balaban J connectivity index is 1.64. The number of hydrogen-bond donors (Lipinski definition) is 13. The normalized spacial score (nSPS) is 18.0. The number of guanidine groups is 1. The average Bonchev–Trinajstić information content (AvgIpc) is 4.07. The largest absolute Gasteiger partial charge is 0.481 e. The van der Waals surface area contributed by atoms with Crippen molar-refractivity contribution in [3.63, 3.8) is 0 Å². The number of aliphatic carboxylic acids is 2. The second-order valence-electron chi connectivity index (χ2n) is 19.2. The standard InChI is InChI=1S/C48H75N13O13S/c1-25(2)37(49)46(72)61-21-11-16-34(61)43(69)56-29(17-18-36(63)64)40(66)58-32(24-75)45(71)60-20-10-15-33(60)42(68)54-27(5)39(65)53-23-35(62)55-31(22-28-12-7-6-8-13-28)41(67)59-38(26(3)4)44(70)57-30(47(73)74)14-9-19-52-48(50)51/h6-8,12-13,25-27,29-34,37-38,75H,9-11,14-24,49H2,1-5H3,(H,53,65)(H,54,68)(H,55,62)(H,56,69)(H,57,70)(H,58,66)(H,59,67)(H,63,64)(H,73,74)(H4,50,51,52)/t27-,29-,30-,31-,32-,33-,34-,37-,38-/m0/s1. The summed E-state index contributed by atoms with van der Waals surface area (Å²) in [7, 11) is 0. The predicted molar refractivity (Wildman–Crippen MR) is 276 cm³/mol. The van der Waals surface area contributed by atoms with Crippen LogP contribution in [0.25, 0.3) is 0 Å². The van der Waals surface area contributed by atoms with Crippen molar-refractivity contribution in [3.05, 3.63) is 35.9 Å². The van der Waals surface area contributed by atoms with Crippen molar-refractivity contribution in [1.82, 2.24) is 47.0 Å². The number of rotatable bonds is 29. The number of carboxylic acid groups (broad SMARTS) is 2. The zero-order chi connectivity index (χ0) is 56.1. The van der Waals surface area contributed by atoms with Gasteiger partial charge in [-0.3, -0.25) is 52.9 Å². The van der Waals surface area contributed by atoms with Gasteiger partial charge in [0.1, 0.15) is 48.3 Å². The van der Waals surface area contributed by atoms with E-state index in [1.807, 2.05) is 0 Å². The third-order valence-corrected chi connectivity index (χ3v) is 13.0. The lowest BCUT2D eigenvalue weighted by molar-refractivity contribution is -0.143. The van der Waals surface area contributed by atoms with E-state index in [-0.39, 0.29) is 75.8 Å². The molecule has 9 atom stereocenters. The number of nitrogens with zero attached hydrogens (tertiary/aromatic N) is 3.